The van der Waals surface area contributed by atoms with E-state index in [1.54, 1.807) is 48.6 Å². The molecule has 0 saturated carbocycles. The van der Waals surface area contributed by atoms with Gasteiger partial charge in [-0.25, -0.2) is 0 Å². The number of nitrogens with one attached hydrogen (secondary N) is 1. The standard InChI is InChI=1S/C22H20N2O4S2/c1-3-12-28-17-11-10-15(13-18(17)27-4-2)14-19-21(26)24(22(29)30-19)23-20(25)16-8-6-5-7-9-16/h3,5-11,13-14H,1,4,12H2,2H3,(H,23,25)/b19-14+. The molecule has 2 aromatic carbocycles. The molecule has 0 radical (unpaired) electrons. The Morgan fingerprint density at radius 3 is 2.67 bits per heavy atom. The first-order chi connectivity index (χ1) is 14.5. The van der Waals surface area contributed by atoms with E-state index in [9.17, 15) is 9.59 Å². The third-order valence-corrected chi connectivity index (χ3v) is 5.27. The van der Waals surface area contributed by atoms with Gasteiger partial charge < -0.3 is 9.47 Å². The number of thioether (sulfide) groups is 1. The van der Waals surface area contributed by atoms with E-state index in [2.05, 4.69) is 12.0 Å². The van der Waals surface area contributed by atoms with Crippen molar-refractivity contribution < 1.29 is 19.1 Å². The molecule has 0 atom stereocenters. The fraction of sp³-hybridized carbons (Fsp3) is 0.136. The van der Waals surface area contributed by atoms with Gasteiger partial charge in [0, 0.05) is 5.56 Å². The zero-order valence-electron chi connectivity index (χ0n) is 16.3. The fourth-order valence-electron chi connectivity index (χ4n) is 2.62. The summed E-state index contributed by atoms with van der Waals surface area (Å²) in [5.41, 5.74) is 3.75. The first-order valence-corrected chi connectivity index (χ1v) is 10.4. The minimum atomic E-state index is -0.407. The maximum absolute atomic E-state index is 12.8. The molecule has 1 aliphatic heterocycles. The maximum atomic E-state index is 12.8. The molecular weight excluding hydrogens is 420 g/mol. The minimum absolute atomic E-state index is 0.256. The van der Waals surface area contributed by atoms with Crippen LogP contribution in [-0.2, 0) is 4.79 Å². The summed E-state index contributed by atoms with van der Waals surface area (Å²) in [6.45, 7) is 6.35. The van der Waals surface area contributed by atoms with Gasteiger partial charge in [-0.2, -0.15) is 5.01 Å². The molecule has 1 saturated heterocycles. The van der Waals surface area contributed by atoms with Crippen LogP contribution in [0.4, 0.5) is 0 Å². The maximum Gasteiger partial charge on any atom is 0.285 e. The van der Waals surface area contributed by atoms with Crippen LogP contribution in [0.5, 0.6) is 11.5 Å². The molecule has 0 aliphatic carbocycles. The second kappa shape index (κ2) is 10.1. The number of hydrazine groups is 1. The van der Waals surface area contributed by atoms with Crippen LogP contribution >= 0.6 is 24.0 Å². The molecule has 1 aliphatic rings. The monoisotopic (exact) mass is 440 g/mol. The zero-order chi connectivity index (χ0) is 21.5. The van der Waals surface area contributed by atoms with Crippen molar-refractivity contribution in [2.75, 3.05) is 13.2 Å². The molecule has 1 N–H and O–H groups in total. The first-order valence-electron chi connectivity index (χ1n) is 9.18. The van der Waals surface area contributed by atoms with Crippen molar-refractivity contribution in [3.05, 3.63) is 77.2 Å². The van der Waals surface area contributed by atoms with Crippen LogP contribution in [0.3, 0.4) is 0 Å². The predicted octanol–water partition coefficient (Wildman–Crippen LogP) is 4.20. The summed E-state index contributed by atoms with van der Waals surface area (Å²) in [4.78, 5) is 25.5. The van der Waals surface area contributed by atoms with E-state index in [4.69, 9.17) is 21.7 Å². The van der Waals surface area contributed by atoms with Crippen molar-refractivity contribution in [2.24, 2.45) is 0 Å². The number of hydrogen-bond acceptors (Lipinski definition) is 6. The lowest BCUT2D eigenvalue weighted by atomic mass is 10.2. The van der Waals surface area contributed by atoms with E-state index < -0.39 is 5.91 Å². The molecule has 1 fully saturated rings. The Morgan fingerprint density at radius 2 is 1.97 bits per heavy atom. The molecule has 154 valence electrons. The molecule has 0 aromatic heterocycles. The number of ether oxygens (including phenoxy) is 2. The van der Waals surface area contributed by atoms with E-state index in [-0.39, 0.29) is 10.2 Å². The Balaban J connectivity index is 1.78. The topological polar surface area (TPSA) is 67.9 Å². The lowest BCUT2D eigenvalue weighted by Gasteiger charge is -2.15. The Morgan fingerprint density at radius 1 is 1.20 bits per heavy atom. The van der Waals surface area contributed by atoms with Gasteiger partial charge >= 0.3 is 0 Å². The van der Waals surface area contributed by atoms with Crippen LogP contribution in [0.2, 0.25) is 0 Å². The van der Waals surface area contributed by atoms with E-state index in [1.807, 2.05) is 19.1 Å². The summed E-state index contributed by atoms with van der Waals surface area (Å²) in [5, 5.41) is 1.09. The highest BCUT2D eigenvalue weighted by molar-refractivity contribution is 8.26. The largest absolute Gasteiger partial charge is 0.490 e. The van der Waals surface area contributed by atoms with Crippen molar-refractivity contribution >= 4 is 46.2 Å². The first kappa shape index (κ1) is 21.6. The quantitative estimate of drug-likeness (QED) is 0.377. The van der Waals surface area contributed by atoms with E-state index in [0.29, 0.717) is 35.2 Å². The zero-order valence-corrected chi connectivity index (χ0v) is 17.9. The average Bonchev–Trinajstić information content (AvgIpc) is 3.01. The van der Waals surface area contributed by atoms with Crippen LogP contribution < -0.4 is 14.9 Å². The van der Waals surface area contributed by atoms with Crippen LogP contribution in [0, 0.1) is 0 Å². The van der Waals surface area contributed by atoms with Gasteiger partial charge in [0.15, 0.2) is 15.8 Å². The highest BCUT2D eigenvalue weighted by atomic mass is 32.2. The van der Waals surface area contributed by atoms with Gasteiger partial charge in [-0.15, -0.1) is 0 Å². The molecule has 2 amide bonds. The van der Waals surface area contributed by atoms with Crippen LogP contribution in [-0.4, -0.2) is 34.4 Å². The normalized spacial score (nSPS) is 14.7. The molecule has 6 nitrogen and oxygen atoms in total. The summed E-state index contributed by atoms with van der Waals surface area (Å²) < 4.78 is 11.5. The SMILES string of the molecule is C=CCOc1ccc(/C=C2/SC(=S)N(NC(=O)c3ccccc3)C2=O)cc1OCC. The van der Waals surface area contributed by atoms with Gasteiger partial charge in [-0.1, -0.05) is 48.7 Å². The Kier molecular flexibility index (Phi) is 7.26. The van der Waals surface area contributed by atoms with Crippen molar-refractivity contribution in [1.29, 1.82) is 0 Å². The number of nitrogens with zero attached hydrogens (tertiary/aromatic N) is 1. The minimum Gasteiger partial charge on any atom is -0.490 e. The van der Waals surface area contributed by atoms with Crippen molar-refractivity contribution in [2.45, 2.75) is 6.92 Å². The number of carbonyl (C=O) groups excluding carboxylic acids is 2. The summed E-state index contributed by atoms with van der Waals surface area (Å²) in [6, 6.07) is 14.0. The number of carbonyl (C=O) groups is 2. The molecule has 0 unspecified atom stereocenters. The van der Waals surface area contributed by atoms with Gasteiger partial charge in [0.2, 0.25) is 0 Å². The summed E-state index contributed by atoms with van der Waals surface area (Å²) in [6.07, 6.45) is 3.35. The number of rotatable bonds is 8. The van der Waals surface area contributed by atoms with Gasteiger partial charge in [0.05, 0.1) is 11.5 Å². The molecular formula is C22H20N2O4S2. The number of thiocarbonyl (C=S) groups is 1. The third-order valence-electron chi connectivity index (χ3n) is 3.97. The second-order valence-electron chi connectivity index (χ2n) is 6.06. The Labute approximate surface area is 184 Å². The molecule has 2 aromatic rings. The summed E-state index contributed by atoms with van der Waals surface area (Å²) in [5.74, 6) is 0.368. The van der Waals surface area contributed by atoms with Crippen LogP contribution in [0.15, 0.2) is 66.1 Å². The molecule has 0 spiro atoms. The highest BCUT2D eigenvalue weighted by Gasteiger charge is 2.33. The molecule has 1 heterocycles. The van der Waals surface area contributed by atoms with Gasteiger partial charge in [0.25, 0.3) is 11.8 Å². The van der Waals surface area contributed by atoms with Crippen molar-refractivity contribution in [3.8, 4) is 11.5 Å². The number of benzene rings is 2. The van der Waals surface area contributed by atoms with Crippen LogP contribution in [0.1, 0.15) is 22.8 Å². The number of hydrogen-bond donors (Lipinski definition) is 1. The lowest BCUT2D eigenvalue weighted by molar-refractivity contribution is -0.123. The van der Waals surface area contributed by atoms with Gasteiger partial charge in [0.1, 0.15) is 6.61 Å². The van der Waals surface area contributed by atoms with Gasteiger partial charge in [-0.3, -0.25) is 15.0 Å². The Hall–Kier alpha value is -3.10. The molecule has 3 rings (SSSR count). The van der Waals surface area contributed by atoms with E-state index in [0.717, 1.165) is 22.3 Å². The highest BCUT2D eigenvalue weighted by Crippen LogP contribution is 2.34. The van der Waals surface area contributed by atoms with E-state index >= 15 is 0 Å². The van der Waals surface area contributed by atoms with Crippen molar-refractivity contribution in [1.82, 2.24) is 10.4 Å². The second-order valence-corrected chi connectivity index (χ2v) is 7.74. The third kappa shape index (κ3) is 5.08. The lowest BCUT2D eigenvalue weighted by Crippen LogP contribution is -2.44. The smallest absolute Gasteiger partial charge is 0.285 e. The summed E-state index contributed by atoms with van der Waals surface area (Å²) >= 11 is 6.39. The summed E-state index contributed by atoms with van der Waals surface area (Å²) in [7, 11) is 0. The molecule has 0 bridgehead atoms. The predicted molar refractivity (Wildman–Crippen MR) is 122 cm³/mol. The molecule has 30 heavy (non-hydrogen) atoms. The average molecular weight is 441 g/mol. The van der Waals surface area contributed by atoms with Crippen molar-refractivity contribution in [3.63, 3.8) is 0 Å². The number of amides is 2. The molecule has 8 heteroatoms. The fourth-order valence-corrected chi connectivity index (χ4v) is 3.80. The Bertz CT molecular complexity index is 1010. The van der Waals surface area contributed by atoms with Gasteiger partial charge in [-0.05, 0) is 55.0 Å². The van der Waals surface area contributed by atoms with Crippen LogP contribution in [0.25, 0.3) is 6.08 Å². The van der Waals surface area contributed by atoms with E-state index in [1.165, 1.54) is 0 Å².